The predicted octanol–water partition coefficient (Wildman–Crippen LogP) is 4.35. The fourth-order valence-corrected chi connectivity index (χ4v) is 2.17. The number of nitrogens with one attached hydrogen (secondary N) is 1. The van der Waals surface area contributed by atoms with Gasteiger partial charge in [-0.25, -0.2) is 8.78 Å². The molecule has 86 valence electrons. The largest absolute Gasteiger partial charge is 0.359 e. The summed E-state index contributed by atoms with van der Waals surface area (Å²) in [7, 11) is 0. The quantitative estimate of drug-likeness (QED) is 0.796. The number of halogens is 2. The first-order valence-electron chi connectivity index (χ1n) is 5.59. The molecule has 0 bridgehead atoms. The maximum Gasteiger partial charge on any atom is 0.150 e. The third-order valence-corrected chi connectivity index (χ3v) is 2.99. The summed E-state index contributed by atoms with van der Waals surface area (Å²) < 4.78 is 26.6. The SMILES string of the molecule is CCCC(C)c1c[nH]c2c(F)cc(F)cc12. The lowest BCUT2D eigenvalue weighted by atomic mass is 9.96. The van der Waals surface area contributed by atoms with Gasteiger partial charge in [-0.1, -0.05) is 20.3 Å². The molecule has 1 aromatic heterocycles. The van der Waals surface area contributed by atoms with Gasteiger partial charge in [0, 0.05) is 17.6 Å². The van der Waals surface area contributed by atoms with Crippen LogP contribution in [0.25, 0.3) is 10.9 Å². The van der Waals surface area contributed by atoms with E-state index in [1.807, 2.05) is 0 Å². The Bertz CT molecular complexity index is 502. The van der Waals surface area contributed by atoms with E-state index < -0.39 is 11.6 Å². The molecule has 0 aliphatic rings. The summed E-state index contributed by atoms with van der Waals surface area (Å²) in [5.74, 6) is -0.723. The van der Waals surface area contributed by atoms with Crippen molar-refractivity contribution in [2.24, 2.45) is 0 Å². The van der Waals surface area contributed by atoms with Gasteiger partial charge in [0.1, 0.15) is 11.6 Å². The summed E-state index contributed by atoms with van der Waals surface area (Å²) in [5.41, 5.74) is 1.40. The molecular weight excluding hydrogens is 208 g/mol. The van der Waals surface area contributed by atoms with Gasteiger partial charge in [-0.05, 0) is 24.0 Å². The molecule has 0 amide bonds. The Morgan fingerprint density at radius 1 is 1.31 bits per heavy atom. The van der Waals surface area contributed by atoms with Crippen molar-refractivity contribution in [1.82, 2.24) is 4.98 Å². The maximum atomic E-state index is 13.4. The minimum absolute atomic E-state index is 0.319. The number of aromatic nitrogens is 1. The number of aromatic amines is 1. The van der Waals surface area contributed by atoms with Crippen LogP contribution in [0.15, 0.2) is 18.3 Å². The van der Waals surface area contributed by atoms with Crippen molar-refractivity contribution in [1.29, 1.82) is 0 Å². The fourth-order valence-electron chi connectivity index (χ4n) is 2.17. The first-order valence-corrected chi connectivity index (χ1v) is 5.59. The van der Waals surface area contributed by atoms with Gasteiger partial charge in [-0.2, -0.15) is 0 Å². The van der Waals surface area contributed by atoms with Gasteiger partial charge in [0.25, 0.3) is 0 Å². The van der Waals surface area contributed by atoms with E-state index in [2.05, 4.69) is 18.8 Å². The molecule has 1 aromatic carbocycles. The van der Waals surface area contributed by atoms with Crippen molar-refractivity contribution in [2.75, 3.05) is 0 Å². The van der Waals surface area contributed by atoms with Crippen LogP contribution in [0.1, 0.15) is 38.2 Å². The van der Waals surface area contributed by atoms with Crippen LogP contribution in [0.5, 0.6) is 0 Å². The molecule has 1 nitrogen and oxygen atoms in total. The number of H-pyrrole nitrogens is 1. The molecule has 1 heterocycles. The highest BCUT2D eigenvalue weighted by Gasteiger charge is 2.14. The zero-order valence-corrected chi connectivity index (χ0v) is 9.48. The third-order valence-electron chi connectivity index (χ3n) is 2.99. The summed E-state index contributed by atoms with van der Waals surface area (Å²) in [6, 6.07) is 2.31. The average molecular weight is 223 g/mol. The van der Waals surface area contributed by atoms with Gasteiger partial charge in [0.15, 0.2) is 0 Å². The Morgan fingerprint density at radius 3 is 2.75 bits per heavy atom. The number of fused-ring (bicyclic) bond motifs is 1. The van der Waals surface area contributed by atoms with E-state index >= 15 is 0 Å². The molecule has 2 rings (SSSR count). The van der Waals surface area contributed by atoms with Crippen molar-refractivity contribution < 1.29 is 8.78 Å². The van der Waals surface area contributed by atoms with Crippen LogP contribution < -0.4 is 0 Å². The van der Waals surface area contributed by atoms with Gasteiger partial charge in [-0.3, -0.25) is 0 Å². The molecular formula is C13H15F2N. The van der Waals surface area contributed by atoms with Crippen molar-refractivity contribution in [2.45, 2.75) is 32.6 Å². The molecule has 3 heteroatoms. The average Bonchev–Trinajstić information content (AvgIpc) is 2.61. The second-order valence-electron chi connectivity index (χ2n) is 4.24. The molecule has 0 spiro atoms. The number of hydrogen-bond acceptors (Lipinski definition) is 0. The molecule has 0 saturated carbocycles. The van der Waals surface area contributed by atoms with Gasteiger partial charge >= 0.3 is 0 Å². The van der Waals surface area contributed by atoms with Gasteiger partial charge in [0.2, 0.25) is 0 Å². The minimum Gasteiger partial charge on any atom is -0.359 e. The van der Waals surface area contributed by atoms with E-state index in [0.717, 1.165) is 24.5 Å². The highest BCUT2D eigenvalue weighted by molar-refractivity contribution is 5.84. The molecule has 1 N–H and O–H groups in total. The van der Waals surface area contributed by atoms with Crippen LogP contribution in [-0.2, 0) is 0 Å². The summed E-state index contributed by atoms with van der Waals surface area (Å²) in [5, 5.41) is 0.665. The topological polar surface area (TPSA) is 15.8 Å². The van der Waals surface area contributed by atoms with E-state index in [-0.39, 0.29) is 0 Å². The molecule has 0 saturated heterocycles. The Kier molecular flexibility index (Phi) is 2.95. The van der Waals surface area contributed by atoms with Crippen LogP contribution in [-0.4, -0.2) is 4.98 Å². The van der Waals surface area contributed by atoms with Crippen LogP contribution >= 0.6 is 0 Å². The molecule has 1 atom stereocenters. The predicted molar refractivity (Wildman–Crippen MR) is 61.5 cm³/mol. The Hall–Kier alpha value is -1.38. The minimum atomic E-state index is -0.523. The van der Waals surface area contributed by atoms with Crippen molar-refractivity contribution in [3.8, 4) is 0 Å². The number of rotatable bonds is 3. The van der Waals surface area contributed by atoms with E-state index in [0.29, 0.717) is 16.8 Å². The normalized spacial score (nSPS) is 13.2. The van der Waals surface area contributed by atoms with Crippen molar-refractivity contribution >= 4 is 10.9 Å². The van der Waals surface area contributed by atoms with Crippen LogP contribution in [0, 0.1) is 11.6 Å². The molecule has 0 fully saturated rings. The van der Waals surface area contributed by atoms with Gasteiger partial charge in [-0.15, -0.1) is 0 Å². The standard InChI is InChI=1S/C13H15F2N/c1-3-4-8(2)11-7-16-13-10(11)5-9(14)6-12(13)15/h5-8,16H,3-4H2,1-2H3. The summed E-state index contributed by atoms with van der Waals surface area (Å²) in [4.78, 5) is 2.88. The second-order valence-corrected chi connectivity index (χ2v) is 4.24. The Labute approximate surface area is 93.5 Å². The van der Waals surface area contributed by atoms with Crippen LogP contribution in [0.4, 0.5) is 8.78 Å². The summed E-state index contributed by atoms with van der Waals surface area (Å²) in [6.07, 6.45) is 3.87. The fraction of sp³-hybridized carbons (Fsp3) is 0.385. The molecule has 0 aliphatic carbocycles. The smallest absolute Gasteiger partial charge is 0.150 e. The molecule has 16 heavy (non-hydrogen) atoms. The van der Waals surface area contributed by atoms with Gasteiger partial charge < -0.3 is 4.98 Å². The zero-order valence-electron chi connectivity index (χ0n) is 9.48. The van der Waals surface area contributed by atoms with Crippen molar-refractivity contribution in [3.05, 3.63) is 35.5 Å². The lowest BCUT2D eigenvalue weighted by molar-refractivity contribution is 0.590. The lowest BCUT2D eigenvalue weighted by Crippen LogP contribution is -1.91. The number of benzene rings is 1. The Morgan fingerprint density at radius 2 is 2.06 bits per heavy atom. The summed E-state index contributed by atoms with van der Waals surface area (Å²) >= 11 is 0. The lowest BCUT2D eigenvalue weighted by Gasteiger charge is -2.08. The Balaban J connectivity index is 2.55. The van der Waals surface area contributed by atoms with E-state index in [1.165, 1.54) is 6.07 Å². The van der Waals surface area contributed by atoms with E-state index in [4.69, 9.17) is 0 Å². The molecule has 0 aliphatic heterocycles. The van der Waals surface area contributed by atoms with Crippen molar-refractivity contribution in [3.63, 3.8) is 0 Å². The number of hydrogen-bond donors (Lipinski definition) is 1. The first-order chi connectivity index (χ1) is 7.63. The molecule has 1 unspecified atom stereocenters. The highest BCUT2D eigenvalue weighted by atomic mass is 19.1. The molecule has 2 aromatic rings. The monoisotopic (exact) mass is 223 g/mol. The zero-order chi connectivity index (χ0) is 11.7. The summed E-state index contributed by atoms with van der Waals surface area (Å²) in [6.45, 7) is 4.18. The van der Waals surface area contributed by atoms with E-state index in [1.54, 1.807) is 6.20 Å². The third kappa shape index (κ3) is 1.82. The van der Waals surface area contributed by atoms with Gasteiger partial charge in [0.05, 0.1) is 5.52 Å². The van der Waals surface area contributed by atoms with Crippen LogP contribution in [0.3, 0.4) is 0 Å². The maximum absolute atomic E-state index is 13.4. The van der Waals surface area contributed by atoms with E-state index in [9.17, 15) is 8.78 Å². The highest BCUT2D eigenvalue weighted by Crippen LogP contribution is 2.30. The first kappa shape index (κ1) is 11.1. The van der Waals surface area contributed by atoms with Crippen LogP contribution in [0.2, 0.25) is 0 Å². The second kappa shape index (κ2) is 4.24. The molecule has 0 radical (unpaired) electrons.